The van der Waals surface area contributed by atoms with Gasteiger partial charge in [0.15, 0.2) is 0 Å². The lowest BCUT2D eigenvalue weighted by molar-refractivity contribution is -0.143. The second-order valence-electron chi connectivity index (χ2n) is 12.2. The number of primary amides is 2. The molecule has 15 N–H and O–H groups in total. The Morgan fingerprint density at radius 3 is 1.56 bits per heavy atom. The minimum absolute atomic E-state index is 0.0177. The van der Waals surface area contributed by atoms with E-state index in [9.17, 15) is 58.5 Å². The van der Waals surface area contributed by atoms with Crippen LogP contribution >= 0.6 is 0 Å². The quantitative estimate of drug-likeness (QED) is 0.0469. The molecule has 0 aliphatic rings. The monoisotopic (exact) mass is 717 g/mol. The van der Waals surface area contributed by atoms with Gasteiger partial charge in [-0.3, -0.25) is 38.4 Å². The van der Waals surface area contributed by atoms with Crippen LogP contribution in [-0.2, 0) is 43.2 Å². The largest absolute Gasteiger partial charge is 0.480 e. The van der Waals surface area contributed by atoms with Gasteiger partial charge in [-0.2, -0.15) is 0 Å². The molecule has 8 atom stereocenters. The highest BCUT2D eigenvalue weighted by Crippen LogP contribution is 2.07. The van der Waals surface area contributed by atoms with Crippen LogP contribution in [0.4, 0.5) is 0 Å². The first-order valence-electron chi connectivity index (χ1n) is 15.8. The molecule has 21 nitrogen and oxygen atoms in total. The first-order valence-corrected chi connectivity index (χ1v) is 15.8. The number of aliphatic carboxylic acids is 1. The molecule has 0 aliphatic carbocycles. The van der Waals surface area contributed by atoms with Crippen molar-refractivity contribution in [3.8, 4) is 0 Å². The van der Waals surface area contributed by atoms with E-state index in [-0.39, 0.29) is 18.3 Å². The van der Waals surface area contributed by atoms with Crippen LogP contribution in [0.1, 0.15) is 60.3 Å². The number of nitrogens with two attached hydrogens (primary N) is 3. The molecule has 21 heteroatoms. The highest BCUT2D eigenvalue weighted by atomic mass is 16.4. The standard InChI is InChI=1S/C29H51N9O12/c1-6-13(4)22(32)27(47)33-10-21(43)34-15(8-19(30)41)24(44)37-18(11-39)26(46)35-16(9-20(31)42)25(45)38-23(14(5)40)28(48)36-17(29(49)50)7-12(2)3/h12-18,22-23,39-40H,6-11,32H2,1-5H3,(H2,30,41)(H2,31,42)(H,33,47)(H,34,43)(H,35,46)(H,36,48)(H,37,44)(H,38,45)(H,49,50)/t13-,14+,15-,16-,17-,18+,22-,23-/m0/s1. The van der Waals surface area contributed by atoms with Gasteiger partial charge in [-0.1, -0.05) is 34.1 Å². The Hall–Kier alpha value is -4.89. The Morgan fingerprint density at radius 2 is 1.12 bits per heavy atom. The maximum Gasteiger partial charge on any atom is 0.326 e. The number of hydrogen-bond donors (Lipinski definition) is 12. The molecule has 0 radical (unpaired) electrons. The number of carboxylic acid groups (broad SMARTS) is 1. The third kappa shape index (κ3) is 16.5. The fourth-order valence-electron chi connectivity index (χ4n) is 4.22. The average molecular weight is 718 g/mol. The average Bonchev–Trinajstić information content (AvgIpc) is 3.01. The topological polar surface area (TPSA) is 365 Å². The molecule has 0 aromatic carbocycles. The molecule has 0 aliphatic heterocycles. The summed E-state index contributed by atoms with van der Waals surface area (Å²) in [6.45, 7) is 6.32. The lowest BCUT2D eigenvalue weighted by Crippen LogP contribution is -2.61. The number of aliphatic hydroxyl groups excluding tert-OH is 2. The second-order valence-corrected chi connectivity index (χ2v) is 12.2. The summed E-state index contributed by atoms with van der Waals surface area (Å²) in [6, 6.07) is -9.43. The molecular weight excluding hydrogens is 666 g/mol. The van der Waals surface area contributed by atoms with Crippen molar-refractivity contribution < 1.29 is 58.5 Å². The fourth-order valence-corrected chi connectivity index (χ4v) is 4.22. The number of carbonyl (C=O) groups is 9. The van der Waals surface area contributed by atoms with E-state index < -0.39 is 122 Å². The number of hydrogen-bond acceptors (Lipinski definition) is 12. The zero-order chi connectivity index (χ0) is 38.9. The lowest BCUT2D eigenvalue weighted by atomic mass is 9.99. The van der Waals surface area contributed by atoms with Gasteiger partial charge >= 0.3 is 5.97 Å². The number of nitrogens with one attached hydrogen (secondary N) is 6. The first-order chi connectivity index (χ1) is 23.1. The zero-order valence-electron chi connectivity index (χ0n) is 28.7. The van der Waals surface area contributed by atoms with E-state index in [0.29, 0.717) is 6.42 Å². The van der Waals surface area contributed by atoms with Gasteiger partial charge in [0.2, 0.25) is 47.3 Å². The molecule has 0 aromatic rings. The molecule has 0 unspecified atom stereocenters. The molecule has 0 heterocycles. The fraction of sp³-hybridized carbons (Fsp3) is 0.690. The van der Waals surface area contributed by atoms with Gasteiger partial charge < -0.3 is 64.4 Å². The normalized spacial score (nSPS) is 15.8. The molecule has 0 aromatic heterocycles. The lowest BCUT2D eigenvalue weighted by Gasteiger charge is -2.27. The predicted molar refractivity (Wildman–Crippen MR) is 174 cm³/mol. The van der Waals surface area contributed by atoms with Crippen molar-refractivity contribution in [1.82, 2.24) is 31.9 Å². The summed E-state index contributed by atoms with van der Waals surface area (Å²) < 4.78 is 0. The highest BCUT2D eigenvalue weighted by Gasteiger charge is 2.35. The summed E-state index contributed by atoms with van der Waals surface area (Å²) in [5, 5.41) is 42.3. The molecule has 8 amide bonds. The molecule has 0 saturated carbocycles. The Morgan fingerprint density at radius 1 is 0.660 bits per heavy atom. The van der Waals surface area contributed by atoms with Gasteiger partial charge in [-0.05, 0) is 25.2 Å². The highest BCUT2D eigenvalue weighted by molar-refractivity contribution is 5.98. The summed E-state index contributed by atoms with van der Waals surface area (Å²) in [6.07, 6.45) is -2.63. The molecule has 50 heavy (non-hydrogen) atoms. The molecule has 0 saturated heterocycles. The molecule has 0 spiro atoms. The Kier molecular flexibility index (Phi) is 19.8. The van der Waals surface area contributed by atoms with Crippen molar-refractivity contribution in [2.45, 2.75) is 103 Å². The van der Waals surface area contributed by atoms with Crippen LogP contribution < -0.4 is 49.1 Å². The predicted octanol–water partition coefficient (Wildman–Crippen LogP) is -5.85. The molecule has 284 valence electrons. The van der Waals surface area contributed by atoms with Crippen molar-refractivity contribution in [3.05, 3.63) is 0 Å². The number of amides is 8. The first kappa shape index (κ1) is 45.1. The van der Waals surface area contributed by atoms with Crippen molar-refractivity contribution in [3.63, 3.8) is 0 Å². The summed E-state index contributed by atoms with van der Waals surface area (Å²) in [5.41, 5.74) is 16.2. The van der Waals surface area contributed by atoms with Crippen LogP contribution in [0.25, 0.3) is 0 Å². The summed E-state index contributed by atoms with van der Waals surface area (Å²) in [4.78, 5) is 111. The molecule has 0 bridgehead atoms. The van der Waals surface area contributed by atoms with Gasteiger partial charge in [-0.15, -0.1) is 0 Å². The summed E-state index contributed by atoms with van der Waals surface area (Å²) >= 11 is 0. The Labute approximate surface area is 288 Å². The van der Waals surface area contributed by atoms with Gasteiger partial charge in [-0.25, -0.2) is 4.79 Å². The van der Waals surface area contributed by atoms with Crippen LogP contribution in [-0.4, -0.2) is 124 Å². The number of carboxylic acids is 1. The Bertz CT molecular complexity index is 1250. The van der Waals surface area contributed by atoms with Crippen LogP contribution in [0.3, 0.4) is 0 Å². The van der Waals surface area contributed by atoms with Crippen molar-refractivity contribution in [2.75, 3.05) is 13.2 Å². The zero-order valence-corrected chi connectivity index (χ0v) is 28.7. The smallest absolute Gasteiger partial charge is 0.326 e. The molecule has 0 fully saturated rings. The van der Waals surface area contributed by atoms with E-state index in [2.05, 4.69) is 31.9 Å². The number of carbonyl (C=O) groups excluding carboxylic acids is 8. The van der Waals surface area contributed by atoms with Gasteiger partial charge in [0, 0.05) is 0 Å². The van der Waals surface area contributed by atoms with E-state index in [1.165, 1.54) is 0 Å². The van der Waals surface area contributed by atoms with Gasteiger partial charge in [0.05, 0.1) is 38.1 Å². The summed E-state index contributed by atoms with van der Waals surface area (Å²) in [7, 11) is 0. The minimum atomic E-state index is -1.85. The van der Waals surface area contributed by atoms with E-state index in [4.69, 9.17) is 17.2 Å². The number of rotatable bonds is 23. The van der Waals surface area contributed by atoms with Gasteiger partial charge in [0.25, 0.3) is 0 Å². The van der Waals surface area contributed by atoms with Crippen LogP contribution in [0.2, 0.25) is 0 Å². The van der Waals surface area contributed by atoms with E-state index in [0.717, 1.165) is 6.92 Å². The second kappa shape index (κ2) is 22.0. The third-order valence-corrected chi connectivity index (χ3v) is 7.28. The van der Waals surface area contributed by atoms with Crippen LogP contribution in [0.5, 0.6) is 0 Å². The van der Waals surface area contributed by atoms with Crippen LogP contribution in [0, 0.1) is 11.8 Å². The van der Waals surface area contributed by atoms with Gasteiger partial charge in [0.1, 0.15) is 30.2 Å². The maximum absolute atomic E-state index is 13.1. The van der Waals surface area contributed by atoms with Crippen molar-refractivity contribution >= 4 is 53.2 Å². The third-order valence-electron chi connectivity index (χ3n) is 7.28. The minimum Gasteiger partial charge on any atom is -0.480 e. The molecule has 0 rings (SSSR count). The SMILES string of the molecule is CC[C@H](C)[C@H](N)C(=O)NCC(=O)N[C@@H](CC(N)=O)C(=O)N[C@H](CO)C(=O)N[C@@H](CC(N)=O)C(=O)N[C@H](C(=O)N[C@@H](CC(C)C)C(=O)O)[C@@H](C)O. The van der Waals surface area contributed by atoms with Crippen molar-refractivity contribution in [1.29, 1.82) is 0 Å². The van der Waals surface area contributed by atoms with Crippen LogP contribution in [0.15, 0.2) is 0 Å². The maximum atomic E-state index is 13.1. The van der Waals surface area contributed by atoms with E-state index in [1.54, 1.807) is 20.8 Å². The summed E-state index contributed by atoms with van der Waals surface area (Å²) in [5.74, 6) is -10.2. The number of aliphatic hydroxyl groups is 2. The molecular formula is C29H51N9O12. The van der Waals surface area contributed by atoms with Crippen molar-refractivity contribution in [2.24, 2.45) is 29.0 Å². The Balaban J connectivity index is 5.79. The van der Waals surface area contributed by atoms with E-state index >= 15 is 0 Å². The van der Waals surface area contributed by atoms with E-state index in [1.807, 2.05) is 6.92 Å².